The Morgan fingerprint density at radius 2 is 1.86 bits per heavy atom. The standard InChI is InChI=1S/C17H17NO10/c1-8(14(19)20)26-13-9(5-10(18(23)24)7-12(13)25-4)6-11-15(21)27-17(2,3)28-16(11)22/h5-8H,1-4H3,(H,19,20). The van der Waals surface area contributed by atoms with E-state index >= 15 is 0 Å². The molecule has 1 aromatic rings. The second kappa shape index (κ2) is 7.55. The number of nitro groups is 1. The van der Waals surface area contributed by atoms with Gasteiger partial charge in [0.05, 0.1) is 18.1 Å². The van der Waals surface area contributed by atoms with Crippen molar-refractivity contribution in [2.24, 2.45) is 0 Å². The van der Waals surface area contributed by atoms with Gasteiger partial charge in [-0.2, -0.15) is 0 Å². The summed E-state index contributed by atoms with van der Waals surface area (Å²) >= 11 is 0. The molecule has 0 bridgehead atoms. The number of carboxylic acid groups (broad SMARTS) is 1. The number of esters is 2. The first-order valence-electron chi connectivity index (χ1n) is 7.89. The highest BCUT2D eigenvalue weighted by Crippen LogP contribution is 2.38. The van der Waals surface area contributed by atoms with Gasteiger partial charge >= 0.3 is 17.9 Å². The lowest BCUT2D eigenvalue weighted by Gasteiger charge is -2.29. The summed E-state index contributed by atoms with van der Waals surface area (Å²) < 4.78 is 20.3. The highest BCUT2D eigenvalue weighted by molar-refractivity contribution is 6.19. The smallest absolute Gasteiger partial charge is 0.348 e. The maximum absolute atomic E-state index is 12.1. The van der Waals surface area contributed by atoms with Crippen LogP contribution in [0.25, 0.3) is 6.08 Å². The van der Waals surface area contributed by atoms with Crippen LogP contribution < -0.4 is 9.47 Å². The lowest BCUT2D eigenvalue weighted by molar-refractivity contribution is -0.385. The molecule has 0 aliphatic carbocycles. The van der Waals surface area contributed by atoms with Crippen molar-refractivity contribution in [2.75, 3.05) is 7.11 Å². The summed E-state index contributed by atoms with van der Waals surface area (Å²) in [7, 11) is 1.19. The topological polar surface area (TPSA) is 152 Å². The molecule has 1 atom stereocenters. The van der Waals surface area contributed by atoms with Gasteiger partial charge in [-0.15, -0.1) is 0 Å². The lowest BCUT2D eigenvalue weighted by Crippen LogP contribution is -2.41. The number of non-ortho nitro benzene ring substituents is 1. The monoisotopic (exact) mass is 395 g/mol. The van der Waals surface area contributed by atoms with Crippen LogP contribution in [0.1, 0.15) is 26.3 Å². The Kier molecular flexibility index (Phi) is 5.57. The maximum Gasteiger partial charge on any atom is 0.348 e. The van der Waals surface area contributed by atoms with Gasteiger partial charge in [0, 0.05) is 25.5 Å². The average Bonchev–Trinajstić information content (AvgIpc) is 2.57. The normalized spacial score (nSPS) is 16.5. The molecular formula is C17H17NO10. The minimum absolute atomic E-state index is 0.136. The van der Waals surface area contributed by atoms with Crippen molar-refractivity contribution >= 4 is 29.7 Å². The number of hydrogen-bond donors (Lipinski definition) is 1. The molecule has 0 radical (unpaired) electrons. The van der Waals surface area contributed by atoms with Gasteiger partial charge < -0.3 is 24.1 Å². The van der Waals surface area contributed by atoms with Gasteiger partial charge in [-0.3, -0.25) is 10.1 Å². The van der Waals surface area contributed by atoms with Crippen LogP contribution in [0.15, 0.2) is 17.7 Å². The zero-order chi connectivity index (χ0) is 21.2. The van der Waals surface area contributed by atoms with Crippen LogP contribution in [0.2, 0.25) is 0 Å². The number of aliphatic carboxylic acids is 1. The number of rotatable bonds is 6. The summed E-state index contributed by atoms with van der Waals surface area (Å²) in [6, 6.07) is 2.02. The number of hydrogen-bond acceptors (Lipinski definition) is 9. The summed E-state index contributed by atoms with van der Waals surface area (Å²) in [4.78, 5) is 45.9. The molecule has 0 aromatic heterocycles. The molecule has 1 heterocycles. The summed E-state index contributed by atoms with van der Waals surface area (Å²) in [5, 5.41) is 20.2. The zero-order valence-corrected chi connectivity index (χ0v) is 15.4. The second-order valence-corrected chi connectivity index (χ2v) is 6.16. The van der Waals surface area contributed by atoms with Crippen LogP contribution >= 0.6 is 0 Å². The Morgan fingerprint density at radius 3 is 2.32 bits per heavy atom. The molecule has 1 aromatic carbocycles. The van der Waals surface area contributed by atoms with Gasteiger partial charge in [0.1, 0.15) is 5.57 Å². The Balaban J connectivity index is 2.64. The van der Waals surface area contributed by atoms with E-state index in [9.17, 15) is 24.5 Å². The van der Waals surface area contributed by atoms with E-state index in [4.69, 9.17) is 24.1 Å². The van der Waals surface area contributed by atoms with Gasteiger partial charge in [0.15, 0.2) is 17.6 Å². The van der Waals surface area contributed by atoms with E-state index < -0.39 is 46.0 Å². The summed E-state index contributed by atoms with van der Waals surface area (Å²) in [5.41, 5.74) is -1.12. The predicted octanol–water partition coefficient (Wildman–Crippen LogP) is 1.67. The molecule has 1 unspecified atom stereocenters. The molecule has 1 fully saturated rings. The number of carboxylic acids is 1. The predicted molar refractivity (Wildman–Crippen MR) is 91.6 cm³/mol. The van der Waals surface area contributed by atoms with Crippen LogP contribution in [-0.4, -0.2) is 46.9 Å². The van der Waals surface area contributed by atoms with Crippen molar-refractivity contribution in [3.05, 3.63) is 33.4 Å². The molecule has 28 heavy (non-hydrogen) atoms. The quantitative estimate of drug-likeness (QED) is 0.247. The molecule has 1 N–H and O–H groups in total. The van der Waals surface area contributed by atoms with Crippen LogP contribution in [0.4, 0.5) is 5.69 Å². The highest BCUT2D eigenvalue weighted by atomic mass is 16.7. The molecule has 11 nitrogen and oxygen atoms in total. The van der Waals surface area contributed by atoms with Crippen LogP contribution in [-0.2, 0) is 23.9 Å². The highest BCUT2D eigenvalue weighted by Gasteiger charge is 2.39. The Hall–Kier alpha value is -3.63. The molecule has 0 amide bonds. The zero-order valence-electron chi connectivity index (χ0n) is 15.4. The maximum atomic E-state index is 12.1. The third kappa shape index (κ3) is 4.37. The third-order valence-corrected chi connectivity index (χ3v) is 3.56. The first kappa shape index (κ1) is 20.7. The lowest BCUT2D eigenvalue weighted by atomic mass is 10.1. The van der Waals surface area contributed by atoms with E-state index in [1.165, 1.54) is 27.9 Å². The summed E-state index contributed by atoms with van der Waals surface area (Å²) in [5.74, 6) is -5.17. The Bertz CT molecular complexity index is 864. The molecular weight excluding hydrogens is 378 g/mol. The Labute approximate surface area is 158 Å². The van der Waals surface area contributed by atoms with E-state index in [1.807, 2.05) is 0 Å². The van der Waals surface area contributed by atoms with Crippen molar-refractivity contribution in [2.45, 2.75) is 32.7 Å². The fourth-order valence-electron chi connectivity index (χ4n) is 2.26. The number of carbonyl (C=O) groups excluding carboxylic acids is 2. The number of nitrogens with zero attached hydrogens (tertiary/aromatic N) is 1. The first-order chi connectivity index (χ1) is 12.9. The second-order valence-electron chi connectivity index (χ2n) is 6.16. The van der Waals surface area contributed by atoms with Crippen LogP contribution in [0.5, 0.6) is 11.5 Å². The number of methoxy groups -OCH3 is 1. The van der Waals surface area contributed by atoms with Crippen molar-refractivity contribution in [1.29, 1.82) is 0 Å². The van der Waals surface area contributed by atoms with E-state index in [2.05, 4.69) is 0 Å². The van der Waals surface area contributed by atoms with E-state index in [0.717, 1.165) is 18.2 Å². The van der Waals surface area contributed by atoms with E-state index in [0.29, 0.717) is 0 Å². The van der Waals surface area contributed by atoms with Crippen molar-refractivity contribution in [1.82, 2.24) is 0 Å². The molecule has 0 saturated carbocycles. The molecule has 11 heteroatoms. The van der Waals surface area contributed by atoms with Crippen molar-refractivity contribution < 1.29 is 43.4 Å². The average molecular weight is 395 g/mol. The fraction of sp³-hybridized carbons (Fsp3) is 0.353. The molecule has 1 aliphatic rings. The Morgan fingerprint density at radius 1 is 1.29 bits per heavy atom. The third-order valence-electron chi connectivity index (χ3n) is 3.56. The van der Waals surface area contributed by atoms with Gasteiger partial charge in [0.2, 0.25) is 0 Å². The number of cyclic esters (lactones) is 2. The number of nitro benzene ring substituents is 1. The summed E-state index contributed by atoms with van der Waals surface area (Å²) in [6.07, 6.45) is -0.393. The minimum atomic E-state index is -1.47. The SMILES string of the molecule is COc1cc([N+](=O)[O-])cc(C=C2C(=O)OC(C)(C)OC2=O)c1OC(C)C(=O)O. The number of carbonyl (C=O) groups is 3. The summed E-state index contributed by atoms with van der Waals surface area (Å²) in [6.45, 7) is 3.95. The van der Waals surface area contributed by atoms with Gasteiger partial charge in [-0.1, -0.05) is 0 Å². The van der Waals surface area contributed by atoms with Crippen molar-refractivity contribution in [3.63, 3.8) is 0 Å². The molecule has 2 rings (SSSR count). The van der Waals surface area contributed by atoms with Gasteiger partial charge in [-0.25, -0.2) is 14.4 Å². The number of benzene rings is 1. The van der Waals surface area contributed by atoms with E-state index in [-0.39, 0.29) is 17.1 Å². The molecule has 150 valence electrons. The number of ether oxygens (including phenoxy) is 4. The van der Waals surface area contributed by atoms with Crippen LogP contribution in [0, 0.1) is 10.1 Å². The van der Waals surface area contributed by atoms with Gasteiger partial charge in [-0.05, 0) is 13.0 Å². The van der Waals surface area contributed by atoms with Gasteiger partial charge in [0.25, 0.3) is 11.5 Å². The molecule has 1 aliphatic heterocycles. The van der Waals surface area contributed by atoms with Crippen molar-refractivity contribution in [3.8, 4) is 11.5 Å². The molecule has 0 spiro atoms. The first-order valence-corrected chi connectivity index (χ1v) is 7.89. The minimum Gasteiger partial charge on any atom is -0.493 e. The fourth-order valence-corrected chi connectivity index (χ4v) is 2.26. The largest absolute Gasteiger partial charge is 0.493 e. The molecule has 1 saturated heterocycles. The van der Waals surface area contributed by atoms with Crippen LogP contribution in [0.3, 0.4) is 0 Å². The van der Waals surface area contributed by atoms with E-state index in [1.54, 1.807) is 0 Å².